The van der Waals surface area contributed by atoms with Gasteiger partial charge in [-0.05, 0) is 71.9 Å². The van der Waals surface area contributed by atoms with Gasteiger partial charge in [0.05, 0.1) is 5.92 Å². The second-order valence-corrected chi connectivity index (χ2v) is 9.76. The van der Waals surface area contributed by atoms with E-state index in [4.69, 9.17) is 0 Å². The molecule has 0 heterocycles. The van der Waals surface area contributed by atoms with E-state index in [1.165, 1.54) is 12.8 Å². The number of rotatable bonds is 6. The van der Waals surface area contributed by atoms with Gasteiger partial charge in [0.2, 0.25) is 11.8 Å². The van der Waals surface area contributed by atoms with Crippen molar-refractivity contribution in [3.63, 3.8) is 0 Å². The first-order valence-corrected chi connectivity index (χ1v) is 11.6. The van der Waals surface area contributed by atoms with Gasteiger partial charge >= 0.3 is 0 Å². The van der Waals surface area contributed by atoms with E-state index in [0.717, 1.165) is 15.7 Å². The van der Waals surface area contributed by atoms with Crippen LogP contribution >= 0.6 is 15.9 Å². The molecular weight excluding hydrogens is 452 g/mol. The number of carbonyl (C=O) groups is 2. The Balaban J connectivity index is 1.27. The smallest absolute Gasteiger partial charge is 0.244 e. The van der Waals surface area contributed by atoms with Gasteiger partial charge in [0.15, 0.2) is 0 Å². The summed E-state index contributed by atoms with van der Waals surface area (Å²) in [5, 5.41) is 6.16. The van der Waals surface area contributed by atoms with Gasteiger partial charge in [-0.25, -0.2) is 0 Å². The van der Waals surface area contributed by atoms with Crippen LogP contribution < -0.4 is 10.6 Å². The Kier molecular flexibility index (Phi) is 5.30. The summed E-state index contributed by atoms with van der Waals surface area (Å²) >= 11 is 3.43. The number of nitrogens with one attached hydrogen (secondary N) is 2. The minimum Gasteiger partial charge on any atom is -0.352 e. The van der Waals surface area contributed by atoms with Crippen molar-refractivity contribution < 1.29 is 9.59 Å². The Bertz CT molecular complexity index is 1040. The summed E-state index contributed by atoms with van der Waals surface area (Å²) in [7, 11) is 0. The van der Waals surface area contributed by atoms with Crippen molar-refractivity contribution in [1.29, 1.82) is 0 Å². The molecule has 0 radical (unpaired) electrons. The zero-order valence-corrected chi connectivity index (χ0v) is 18.7. The molecule has 4 atom stereocenters. The lowest BCUT2D eigenvalue weighted by Crippen LogP contribution is -2.39. The van der Waals surface area contributed by atoms with Gasteiger partial charge < -0.3 is 10.6 Å². The molecule has 158 valence electrons. The molecule has 2 fully saturated rings. The standard InChI is InChI=1S/C26H25BrN2O2/c27-18-7-9-19(10-8-18)29-25(31)24-20(21-11-12-22(24)26(21)14-15-26)16-28-23(30)13-6-17-4-2-1-3-5-17/h1-13,20-22,24H,14-16H2,(H,28,30)(H,29,31)/b13-6+/t20-,21-,22+,24+/m1/s1. The van der Waals surface area contributed by atoms with Crippen LogP contribution in [0.1, 0.15) is 18.4 Å². The first kappa shape index (κ1) is 20.3. The fraction of sp³-hybridized carbons (Fsp3) is 0.308. The van der Waals surface area contributed by atoms with Gasteiger partial charge in [0, 0.05) is 22.8 Å². The predicted octanol–water partition coefficient (Wildman–Crippen LogP) is 5.05. The number of allylic oxidation sites excluding steroid dienone is 2. The Hall–Kier alpha value is -2.66. The number of amides is 2. The fourth-order valence-corrected chi connectivity index (χ4v) is 5.84. The molecule has 0 aliphatic heterocycles. The molecule has 31 heavy (non-hydrogen) atoms. The number of hydrogen-bond donors (Lipinski definition) is 2. The van der Waals surface area contributed by atoms with Crippen LogP contribution in [0.15, 0.2) is 77.3 Å². The first-order valence-electron chi connectivity index (χ1n) is 10.8. The van der Waals surface area contributed by atoms with Gasteiger partial charge in [0.1, 0.15) is 0 Å². The highest BCUT2D eigenvalue weighted by Crippen LogP contribution is 2.71. The lowest BCUT2D eigenvalue weighted by atomic mass is 9.82. The quantitative estimate of drug-likeness (QED) is 0.452. The summed E-state index contributed by atoms with van der Waals surface area (Å²) in [6.07, 6.45) is 10.3. The molecule has 0 saturated heterocycles. The maximum Gasteiger partial charge on any atom is 0.244 e. The molecule has 2 saturated carbocycles. The molecule has 1 spiro atoms. The van der Waals surface area contributed by atoms with E-state index in [9.17, 15) is 9.59 Å². The second-order valence-electron chi connectivity index (χ2n) is 8.84. The van der Waals surface area contributed by atoms with Crippen molar-refractivity contribution in [2.75, 3.05) is 11.9 Å². The topological polar surface area (TPSA) is 58.2 Å². The first-order chi connectivity index (χ1) is 15.1. The molecule has 5 rings (SSSR count). The van der Waals surface area contributed by atoms with Crippen molar-refractivity contribution in [1.82, 2.24) is 5.32 Å². The Labute approximate surface area is 190 Å². The molecule has 2 aromatic rings. The van der Waals surface area contributed by atoms with E-state index < -0.39 is 0 Å². The average molecular weight is 477 g/mol. The van der Waals surface area contributed by atoms with E-state index in [1.54, 1.807) is 6.08 Å². The summed E-state index contributed by atoms with van der Waals surface area (Å²) < 4.78 is 0.981. The summed E-state index contributed by atoms with van der Waals surface area (Å²) in [6.45, 7) is 0.518. The van der Waals surface area contributed by atoms with Crippen LogP contribution in [0.4, 0.5) is 5.69 Å². The van der Waals surface area contributed by atoms with Crippen LogP contribution in [0, 0.1) is 29.1 Å². The Morgan fingerprint density at radius 1 is 1.00 bits per heavy atom. The Morgan fingerprint density at radius 3 is 2.42 bits per heavy atom. The minimum absolute atomic E-state index is 0.0597. The van der Waals surface area contributed by atoms with E-state index in [2.05, 4.69) is 38.7 Å². The highest BCUT2D eigenvalue weighted by Gasteiger charge is 2.68. The van der Waals surface area contributed by atoms with Gasteiger partial charge in [0.25, 0.3) is 0 Å². The molecule has 2 bridgehead atoms. The zero-order valence-electron chi connectivity index (χ0n) is 17.1. The summed E-state index contributed by atoms with van der Waals surface area (Å²) in [4.78, 5) is 25.7. The molecule has 3 aliphatic rings. The third-order valence-corrected chi connectivity index (χ3v) is 7.67. The van der Waals surface area contributed by atoms with E-state index in [1.807, 2.05) is 60.7 Å². The zero-order chi connectivity index (χ0) is 21.4. The van der Waals surface area contributed by atoms with E-state index in [-0.39, 0.29) is 35.0 Å². The number of anilines is 1. The van der Waals surface area contributed by atoms with Gasteiger partial charge in [-0.3, -0.25) is 9.59 Å². The van der Waals surface area contributed by atoms with Crippen LogP contribution in [-0.4, -0.2) is 18.4 Å². The summed E-state index contributed by atoms with van der Waals surface area (Å²) in [5.74, 6) is 0.602. The van der Waals surface area contributed by atoms with Crippen molar-refractivity contribution >= 4 is 39.5 Å². The molecule has 2 N–H and O–H groups in total. The minimum atomic E-state index is -0.118. The molecule has 0 unspecified atom stereocenters. The molecular formula is C26H25BrN2O2. The number of halogens is 1. The predicted molar refractivity (Wildman–Crippen MR) is 126 cm³/mol. The van der Waals surface area contributed by atoms with Gasteiger partial charge in [-0.1, -0.05) is 58.4 Å². The lowest BCUT2D eigenvalue weighted by molar-refractivity contribution is -0.123. The van der Waals surface area contributed by atoms with Crippen molar-refractivity contribution in [3.8, 4) is 0 Å². The largest absolute Gasteiger partial charge is 0.352 e. The van der Waals surface area contributed by atoms with Crippen molar-refractivity contribution in [2.45, 2.75) is 12.8 Å². The highest BCUT2D eigenvalue weighted by molar-refractivity contribution is 9.10. The number of carbonyl (C=O) groups excluding carboxylic acids is 2. The summed E-state index contributed by atoms with van der Waals surface area (Å²) in [6, 6.07) is 17.4. The molecule has 3 aliphatic carbocycles. The van der Waals surface area contributed by atoms with Crippen molar-refractivity contribution in [3.05, 3.63) is 82.9 Å². The van der Waals surface area contributed by atoms with Crippen molar-refractivity contribution in [2.24, 2.45) is 29.1 Å². The average Bonchev–Trinajstić information content (AvgIpc) is 3.45. The monoisotopic (exact) mass is 476 g/mol. The van der Waals surface area contributed by atoms with E-state index >= 15 is 0 Å². The van der Waals surface area contributed by atoms with E-state index in [0.29, 0.717) is 12.5 Å². The molecule has 4 nitrogen and oxygen atoms in total. The van der Waals surface area contributed by atoms with Crippen LogP contribution in [0.5, 0.6) is 0 Å². The Morgan fingerprint density at radius 2 is 1.71 bits per heavy atom. The molecule has 2 aromatic carbocycles. The molecule has 5 heteroatoms. The van der Waals surface area contributed by atoms with Crippen LogP contribution in [0.3, 0.4) is 0 Å². The normalized spacial score (nSPS) is 27.0. The van der Waals surface area contributed by atoms with Crippen LogP contribution in [0.2, 0.25) is 0 Å². The fourth-order valence-electron chi connectivity index (χ4n) is 5.58. The van der Waals surface area contributed by atoms with Crippen LogP contribution in [-0.2, 0) is 9.59 Å². The number of hydrogen-bond acceptors (Lipinski definition) is 2. The van der Waals surface area contributed by atoms with Gasteiger partial charge in [-0.15, -0.1) is 0 Å². The number of benzene rings is 2. The second kappa shape index (κ2) is 8.12. The third kappa shape index (κ3) is 3.87. The third-order valence-electron chi connectivity index (χ3n) is 7.14. The maximum atomic E-state index is 13.3. The maximum absolute atomic E-state index is 13.3. The lowest BCUT2D eigenvalue weighted by Gasteiger charge is -2.27. The SMILES string of the molecule is O=C(/C=C/c1ccccc1)NC[C@H]1[C@H](C(=O)Nc2ccc(Br)cc2)[C@@H]2C=C[C@H]1C21CC1. The van der Waals surface area contributed by atoms with Gasteiger partial charge in [-0.2, -0.15) is 0 Å². The summed E-state index contributed by atoms with van der Waals surface area (Å²) in [5.41, 5.74) is 2.04. The molecule has 2 amide bonds. The highest BCUT2D eigenvalue weighted by atomic mass is 79.9. The molecule has 0 aromatic heterocycles. The van der Waals surface area contributed by atoms with Crippen LogP contribution in [0.25, 0.3) is 6.08 Å².